The highest BCUT2D eigenvalue weighted by Gasteiger charge is 2.66. The second kappa shape index (κ2) is 7.52. The average molecular weight is 453 g/mol. The number of methoxy groups -OCH3 is 3. The Bertz CT molecular complexity index is 1010. The number of ether oxygens (including phenoxy) is 3. The minimum atomic E-state index is -0.397. The molecule has 4 heteroatoms. The number of rotatable bonds is 4. The Morgan fingerprint density at radius 2 is 1.70 bits per heavy atom. The van der Waals surface area contributed by atoms with Crippen molar-refractivity contribution < 1.29 is 19.0 Å². The molecule has 1 spiro atoms. The van der Waals surface area contributed by atoms with E-state index in [2.05, 4.69) is 45.9 Å². The topological polar surface area (TPSA) is 44.8 Å². The van der Waals surface area contributed by atoms with Crippen molar-refractivity contribution in [1.29, 1.82) is 0 Å². The maximum atomic E-state index is 13.1. The standard InChI is InChI=1S/C29H40O4/c1-17(2)19-16-29-14-11-22-27(3,12-8-13-28(22,4)26(30)33-7)23(29)15-18(19)24-20(31-5)9-10-21(32-6)25(24)29/h9-10,16-18,22-23H,8,11-15H2,1-7H3/t18?,22?,23?,27-,28?,29?/m0/s1. The molecule has 0 aliphatic heterocycles. The normalized spacial score (nSPS) is 38.7. The lowest BCUT2D eigenvalue weighted by molar-refractivity contribution is -0.175. The summed E-state index contributed by atoms with van der Waals surface area (Å²) in [5.74, 6) is 3.64. The number of fused-ring (bicyclic) bond motifs is 1. The molecule has 0 radical (unpaired) electrons. The van der Waals surface area contributed by atoms with E-state index >= 15 is 0 Å². The van der Waals surface area contributed by atoms with Gasteiger partial charge in [-0.1, -0.05) is 38.8 Å². The van der Waals surface area contributed by atoms with Gasteiger partial charge in [0.25, 0.3) is 0 Å². The molecule has 0 saturated heterocycles. The lowest BCUT2D eigenvalue weighted by Crippen LogP contribution is -2.62. The van der Waals surface area contributed by atoms with Gasteiger partial charge in [-0.3, -0.25) is 4.79 Å². The van der Waals surface area contributed by atoms with Crippen molar-refractivity contribution in [2.45, 2.75) is 77.6 Å². The van der Waals surface area contributed by atoms with Crippen LogP contribution in [0.15, 0.2) is 23.8 Å². The smallest absolute Gasteiger partial charge is 0.311 e. The van der Waals surface area contributed by atoms with Crippen LogP contribution in [-0.2, 0) is 14.9 Å². The molecular weight excluding hydrogens is 412 g/mol. The van der Waals surface area contributed by atoms with Gasteiger partial charge in [0, 0.05) is 22.5 Å². The minimum absolute atomic E-state index is 0.0200. The van der Waals surface area contributed by atoms with Crippen LogP contribution in [0.25, 0.3) is 0 Å². The second-order valence-corrected chi connectivity index (χ2v) is 11.8. The van der Waals surface area contributed by atoms with E-state index in [9.17, 15) is 4.79 Å². The maximum absolute atomic E-state index is 13.1. The first-order chi connectivity index (χ1) is 15.7. The Morgan fingerprint density at radius 3 is 2.33 bits per heavy atom. The second-order valence-electron chi connectivity index (χ2n) is 11.8. The summed E-state index contributed by atoms with van der Waals surface area (Å²) in [6.45, 7) is 9.31. The van der Waals surface area contributed by atoms with Gasteiger partial charge in [0.1, 0.15) is 11.5 Å². The molecule has 0 aromatic heterocycles. The molecular formula is C29H40O4. The fourth-order valence-corrected chi connectivity index (χ4v) is 9.00. The zero-order valence-electron chi connectivity index (χ0n) is 21.4. The molecule has 4 nitrogen and oxygen atoms in total. The van der Waals surface area contributed by atoms with Crippen LogP contribution in [-0.4, -0.2) is 27.3 Å². The number of hydrogen-bond donors (Lipinski definition) is 0. The van der Waals surface area contributed by atoms with E-state index < -0.39 is 5.41 Å². The van der Waals surface area contributed by atoms with E-state index in [1.807, 2.05) is 0 Å². The molecule has 0 N–H and O–H groups in total. The van der Waals surface area contributed by atoms with Gasteiger partial charge in [-0.15, -0.1) is 0 Å². The lowest BCUT2D eigenvalue weighted by Gasteiger charge is -2.66. The van der Waals surface area contributed by atoms with Crippen LogP contribution in [0.4, 0.5) is 0 Å². The highest BCUT2D eigenvalue weighted by atomic mass is 16.5. The molecule has 0 heterocycles. The number of carbonyl (C=O) groups is 1. The zero-order valence-corrected chi connectivity index (χ0v) is 21.4. The Hall–Kier alpha value is -1.97. The molecule has 5 unspecified atom stereocenters. The summed E-state index contributed by atoms with van der Waals surface area (Å²) in [5, 5.41) is 0. The molecule has 1 aromatic rings. The summed E-state index contributed by atoms with van der Waals surface area (Å²) in [5.41, 5.74) is 3.89. The number of allylic oxidation sites excluding steroid dienone is 2. The van der Waals surface area contributed by atoms with Crippen molar-refractivity contribution in [3.05, 3.63) is 34.9 Å². The van der Waals surface area contributed by atoms with E-state index in [1.54, 1.807) is 26.9 Å². The quantitative estimate of drug-likeness (QED) is 0.390. The van der Waals surface area contributed by atoms with Gasteiger partial charge in [-0.05, 0) is 74.3 Å². The lowest BCUT2D eigenvalue weighted by atomic mass is 9.37. The molecule has 2 fully saturated rings. The van der Waals surface area contributed by atoms with Crippen LogP contribution < -0.4 is 9.47 Å². The van der Waals surface area contributed by atoms with E-state index in [-0.39, 0.29) is 16.8 Å². The van der Waals surface area contributed by atoms with E-state index in [1.165, 1.54) is 17.5 Å². The van der Waals surface area contributed by atoms with Crippen molar-refractivity contribution in [3.8, 4) is 11.5 Å². The molecule has 33 heavy (non-hydrogen) atoms. The summed E-state index contributed by atoms with van der Waals surface area (Å²) < 4.78 is 17.3. The third-order valence-electron chi connectivity index (χ3n) is 10.3. The Morgan fingerprint density at radius 1 is 1.00 bits per heavy atom. The van der Waals surface area contributed by atoms with Crippen molar-refractivity contribution in [2.24, 2.45) is 28.6 Å². The van der Waals surface area contributed by atoms with Crippen molar-refractivity contribution in [1.82, 2.24) is 0 Å². The number of hydrogen-bond acceptors (Lipinski definition) is 4. The Kier molecular flexibility index (Phi) is 5.19. The summed E-state index contributed by atoms with van der Waals surface area (Å²) in [6.07, 6.45) is 9.05. The molecule has 2 saturated carbocycles. The van der Waals surface area contributed by atoms with Gasteiger partial charge in [-0.2, -0.15) is 0 Å². The van der Waals surface area contributed by atoms with Crippen molar-refractivity contribution in [2.75, 3.05) is 21.3 Å². The summed E-state index contributed by atoms with van der Waals surface area (Å²) in [4.78, 5) is 13.1. The van der Waals surface area contributed by atoms with E-state index in [0.717, 1.165) is 43.6 Å². The van der Waals surface area contributed by atoms with Gasteiger partial charge in [0.15, 0.2) is 0 Å². The SMILES string of the molecule is COC(=O)C1(C)CCC[C@@]2(C)C1CCC13C=C(C(C)C)C(CC12)c1c(OC)ccc(OC)c13. The molecule has 2 bridgehead atoms. The molecule has 1 aromatic carbocycles. The van der Waals surface area contributed by atoms with Gasteiger partial charge in [0.2, 0.25) is 0 Å². The van der Waals surface area contributed by atoms with E-state index in [0.29, 0.717) is 23.7 Å². The van der Waals surface area contributed by atoms with Gasteiger partial charge in [-0.25, -0.2) is 0 Å². The fourth-order valence-electron chi connectivity index (χ4n) is 9.00. The molecule has 5 aliphatic carbocycles. The van der Waals surface area contributed by atoms with Crippen molar-refractivity contribution >= 4 is 5.97 Å². The highest BCUT2D eigenvalue weighted by molar-refractivity contribution is 5.77. The molecule has 0 amide bonds. The first-order valence-corrected chi connectivity index (χ1v) is 12.7. The predicted octanol–water partition coefficient (Wildman–Crippen LogP) is 6.42. The minimum Gasteiger partial charge on any atom is -0.496 e. The Balaban J connectivity index is 1.73. The van der Waals surface area contributed by atoms with Crippen LogP contribution in [0.1, 0.15) is 83.3 Å². The maximum Gasteiger partial charge on any atom is 0.311 e. The fraction of sp³-hybridized carbons (Fsp3) is 0.690. The predicted molar refractivity (Wildman–Crippen MR) is 130 cm³/mol. The Labute approximate surface area is 199 Å². The monoisotopic (exact) mass is 452 g/mol. The van der Waals surface area contributed by atoms with Crippen LogP contribution in [0, 0.1) is 28.6 Å². The third kappa shape index (κ3) is 2.79. The number of esters is 1. The van der Waals surface area contributed by atoms with Crippen LogP contribution >= 0.6 is 0 Å². The highest BCUT2D eigenvalue weighted by Crippen LogP contribution is 2.73. The largest absolute Gasteiger partial charge is 0.496 e. The zero-order chi connectivity index (χ0) is 23.8. The van der Waals surface area contributed by atoms with Gasteiger partial charge in [0.05, 0.1) is 26.7 Å². The van der Waals surface area contributed by atoms with Crippen LogP contribution in [0.2, 0.25) is 0 Å². The molecule has 6 rings (SSSR count). The van der Waals surface area contributed by atoms with Gasteiger partial charge >= 0.3 is 5.97 Å². The van der Waals surface area contributed by atoms with Crippen LogP contribution in [0.3, 0.4) is 0 Å². The first-order valence-electron chi connectivity index (χ1n) is 12.7. The third-order valence-corrected chi connectivity index (χ3v) is 10.3. The van der Waals surface area contributed by atoms with E-state index in [4.69, 9.17) is 14.2 Å². The molecule has 5 aliphatic rings. The summed E-state index contributed by atoms with van der Waals surface area (Å²) >= 11 is 0. The van der Waals surface area contributed by atoms with Gasteiger partial charge < -0.3 is 14.2 Å². The number of benzene rings is 1. The van der Waals surface area contributed by atoms with Crippen LogP contribution in [0.5, 0.6) is 11.5 Å². The first kappa shape index (κ1) is 22.8. The number of carbonyl (C=O) groups excluding carboxylic acids is 1. The summed E-state index contributed by atoms with van der Waals surface area (Å²) in [6, 6.07) is 4.19. The average Bonchev–Trinajstić information content (AvgIpc) is 2.82. The molecule has 6 atom stereocenters. The summed E-state index contributed by atoms with van der Waals surface area (Å²) in [7, 11) is 5.14. The van der Waals surface area contributed by atoms with Crippen molar-refractivity contribution in [3.63, 3.8) is 0 Å². The molecule has 180 valence electrons.